The van der Waals surface area contributed by atoms with Gasteiger partial charge in [-0.15, -0.1) is 11.3 Å². The van der Waals surface area contributed by atoms with Crippen LogP contribution in [0.15, 0.2) is 35.4 Å². The van der Waals surface area contributed by atoms with E-state index in [4.69, 9.17) is 4.74 Å². The van der Waals surface area contributed by atoms with Gasteiger partial charge in [0.2, 0.25) is 5.91 Å². The summed E-state index contributed by atoms with van der Waals surface area (Å²) >= 11 is 1.11. The number of anilines is 1. The molecule has 0 aliphatic heterocycles. The second-order valence-corrected chi connectivity index (χ2v) is 9.23. The second-order valence-electron chi connectivity index (χ2n) is 8.24. The fourth-order valence-corrected chi connectivity index (χ4v) is 4.44. The number of amides is 1. The molecule has 0 bridgehead atoms. The van der Waals surface area contributed by atoms with Gasteiger partial charge < -0.3 is 10.1 Å². The van der Waals surface area contributed by atoms with E-state index in [1.54, 1.807) is 38.1 Å². The molecular weight excluding hydrogens is 442 g/mol. The first-order chi connectivity index (χ1) is 15.6. The highest BCUT2D eigenvalue weighted by Crippen LogP contribution is 2.28. The normalized spacial score (nSPS) is 12.1. The molecule has 3 rings (SSSR count). The van der Waals surface area contributed by atoms with E-state index >= 15 is 0 Å². The van der Waals surface area contributed by atoms with Crippen LogP contribution in [0.4, 0.5) is 5.69 Å². The molecule has 2 aromatic heterocycles. The topological polar surface area (TPSA) is 107 Å². The number of thiophene rings is 1. The number of benzene rings is 1. The third-order valence-corrected chi connectivity index (χ3v) is 6.35. The summed E-state index contributed by atoms with van der Waals surface area (Å²) in [5.41, 5.74) is 1.05. The van der Waals surface area contributed by atoms with E-state index in [0.29, 0.717) is 38.3 Å². The van der Waals surface area contributed by atoms with Gasteiger partial charge in [-0.25, -0.2) is 9.78 Å². The molecule has 174 valence electrons. The summed E-state index contributed by atoms with van der Waals surface area (Å²) in [6, 6.07) is 5.81. The first kappa shape index (κ1) is 24.3. The molecule has 1 unspecified atom stereocenters. The molecule has 1 atom stereocenters. The SMILES string of the molecule is CCC(C(=O)Nc1cccc(C(C)=O)c1)n1cnc2sc(C(=O)OCC(C)C)c(C)c2c1=O. The number of nitrogens with one attached hydrogen (secondary N) is 1. The van der Waals surface area contributed by atoms with Gasteiger partial charge in [-0.05, 0) is 43.9 Å². The fraction of sp³-hybridized carbons (Fsp3) is 0.375. The number of ketones is 1. The molecule has 1 amide bonds. The molecule has 2 heterocycles. The lowest BCUT2D eigenvalue weighted by atomic mass is 10.1. The number of hydrogen-bond donors (Lipinski definition) is 1. The van der Waals surface area contributed by atoms with E-state index in [-0.39, 0.29) is 18.3 Å². The number of Topliss-reactive ketones (excluding diaryl/α,β-unsaturated/α-hetero) is 1. The first-order valence-corrected chi connectivity index (χ1v) is 11.5. The minimum Gasteiger partial charge on any atom is -0.461 e. The van der Waals surface area contributed by atoms with Gasteiger partial charge in [0.25, 0.3) is 5.56 Å². The van der Waals surface area contributed by atoms with Crippen molar-refractivity contribution in [1.82, 2.24) is 9.55 Å². The molecule has 9 heteroatoms. The highest BCUT2D eigenvalue weighted by atomic mass is 32.1. The minimum absolute atomic E-state index is 0.111. The van der Waals surface area contributed by atoms with E-state index in [9.17, 15) is 19.2 Å². The van der Waals surface area contributed by atoms with Crippen molar-refractivity contribution in [3.63, 3.8) is 0 Å². The molecule has 33 heavy (non-hydrogen) atoms. The third kappa shape index (κ3) is 5.19. The summed E-state index contributed by atoms with van der Waals surface area (Å²) in [5, 5.41) is 3.09. The van der Waals surface area contributed by atoms with Gasteiger partial charge in [-0.3, -0.25) is 19.0 Å². The van der Waals surface area contributed by atoms with Gasteiger partial charge in [0.1, 0.15) is 15.7 Å². The van der Waals surface area contributed by atoms with Gasteiger partial charge in [0, 0.05) is 11.3 Å². The van der Waals surface area contributed by atoms with Gasteiger partial charge in [-0.2, -0.15) is 0 Å². The first-order valence-electron chi connectivity index (χ1n) is 10.7. The summed E-state index contributed by atoms with van der Waals surface area (Å²) in [5.74, 6) is -0.796. The van der Waals surface area contributed by atoms with Crippen LogP contribution in [0.1, 0.15) is 65.8 Å². The Morgan fingerprint density at radius 2 is 1.97 bits per heavy atom. The maximum absolute atomic E-state index is 13.3. The van der Waals surface area contributed by atoms with Crippen molar-refractivity contribution in [2.45, 2.75) is 47.1 Å². The fourth-order valence-electron chi connectivity index (χ4n) is 3.41. The summed E-state index contributed by atoms with van der Waals surface area (Å²) in [6.45, 7) is 9.10. The van der Waals surface area contributed by atoms with E-state index in [2.05, 4.69) is 10.3 Å². The van der Waals surface area contributed by atoms with Crippen LogP contribution < -0.4 is 10.9 Å². The Hall–Kier alpha value is -3.33. The highest BCUT2D eigenvalue weighted by Gasteiger charge is 2.25. The van der Waals surface area contributed by atoms with Crippen LogP contribution in [-0.2, 0) is 9.53 Å². The third-order valence-electron chi connectivity index (χ3n) is 5.17. The number of carbonyl (C=O) groups is 3. The minimum atomic E-state index is -0.814. The molecule has 0 spiro atoms. The standard InChI is InChI=1S/C24H27N3O5S/c1-6-18(21(29)26-17-9-7-8-16(10-17)15(5)28)27-12-25-22-19(23(27)30)14(4)20(33-22)24(31)32-11-13(2)3/h7-10,12-13,18H,6,11H2,1-5H3,(H,26,29). The average molecular weight is 470 g/mol. The molecule has 0 saturated heterocycles. The highest BCUT2D eigenvalue weighted by molar-refractivity contribution is 7.20. The van der Waals surface area contributed by atoms with E-state index in [0.717, 1.165) is 11.3 Å². The van der Waals surface area contributed by atoms with E-state index in [1.165, 1.54) is 17.8 Å². The predicted octanol–water partition coefficient (Wildman–Crippen LogP) is 4.37. The molecule has 1 N–H and O–H groups in total. The largest absolute Gasteiger partial charge is 0.461 e. The number of esters is 1. The molecule has 0 aliphatic rings. The van der Waals surface area contributed by atoms with Crippen LogP contribution >= 0.6 is 11.3 Å². The van der Waals surface area contributed by atoms with Crippen LogP contribution in [0.5, 0.6) is 0 Å². The Bertz CT molecular complexity index is 1270. The van der Waals surface area contributed by atoms with Crippen molar-refractivity contribution in [3.8, 4) is 0 Å². The van der Waals surface area contributed by atoms with Gasteiger partial charge >= 0.3 is 5.97 Å². The molecule has 0 radical (unpaired) electrons. The van der Waals surface area contributed by atoms with E-state index in [1.807, 2.05) is 13.8 Å². The smallest absolute Gasteiger partial charge is 0.348 e. The number of fused-ring (bicyclic) bond motifs is 1. The van der Waals surface area contributed by atoms with Gasteiger partial charge in [0.05, 0.1) is 18.3 Å². The summed E-state index contributed by atoms with van der Waals surface area (Å²) < 4.78 is 6.60. The van der Waals surface area contributed by atoms with Crippen molar-refractivity contribution < 1.29 is 19.1 Å². The molecule has 0 aliphatic carbocycles. The second kappa shape index (κ2) is 10.1. The van der Waals surface area contributed by atoms with Gasteiger partial charge in [-0.1, -0.05) is 32.9 Å². The predicted molar refractivity (Wildman–Crippen MR) is 128 cm³/mol. The lowest BCUT2D eigenvalue weighted by molar-refractivity contribution is -0.119. The lowest BCUT2D eigenvalue weighted by Gasteiger charge is -2.18. The lowest BCUT2D eigenvalue weighted by Crippen LogP contribution is -2.33. The van der Waals surface area contributed by atoms with Crippen molar-refractivity contribution in [3.05, 3.63) is 57.0 Å². The molecule has 3 aromatic rings. The van der Waals surface area contributed by atoms with Gasteiger partial charge in [0.15, 0.2) is 5.78 Å². The van der Waals surface area contributed by atoms with Crippen molar-refractivity contribution in [2.75, 3.05) is 11.9 Å². The zero-order chi connectivity index (χ0) is 24.3. The van der Waals surface area contributed by atoms with Crippen LogP contribution in [0.2, 0.25) is 0 Å². The van der Waals surface area contributed by atoms with Crippen LogP contribution in [0, 0.1) is 12.8 Å². The number of carbonyl (C=O) groups excluding carboxylic acids is 3. The van der Waals surface area contributed by atoms with E-state index < -0.39 is 23.5 Å². The summed E-state index contributed by atoms with van der Waals surface area (Å²) in [7, 11) is 0. The van der Waals surface area contributed by atoms with Crippen LogP contribution in [0.3, 0.4) is 0 Å². The van der Waals surface area contributed by atoms with Crippen LogP contribution in [0.25, 0.3) is 10.2 Å². The number of aryl methyl sites for hydroxylation is 1. The number of rotatable bonds is 8. The quantitative estimate of drug-likeness (QED) is 0.388. The maximum Gasteiger partial charge on any atom is 0.348 e. The van der Waals surface area contributed by atoms with Crippen molar-refractivity contribution in [2.24, 2.45) is 5.92 Å². The molecule has 0 fully saturated rings. The zero-order valence-corrected chi connectivity index (χ0v) is 20.1. The molecule has 0 saturated carbocycles. The Labute approximate surface area is 195 Å². The summed E-state index contributed by atoms with van der Waals surface area (Å²) in [4.78, 5) is 55.5. The Balaban J connectivity index is 1.94. The number of hydrogen-bond acceptors (Lipinski definition) is 7. The Morgan fingerprint density at radius 1 is 1.24 bits per heavy atom. The monoisotopic (exact) mass is 469 g/mol. The Kier molecular flexibility index (Phi) is 7.43. The number of nitrogens with zero attached hydrogens (tertiary/aromatic N) is 2. The van der Waals surface area contributed by atoms with Crippen LogP contribution in [-0.4, -0.2) is 33.8 Å². The maximum atomic E-state index is 13.3. The molecule has 8 nitrogen and oxygen atoms in total. The Morgan fingerprint density at radius 3 is 2.61 bits per heavy atom. The zero-order valence-electron chi connectivity index (χ0n) is 19.3. The van der Waals surface area contributed by atoms with Crippen molar-refractivity contribution >= 4 is 44.9 Å². The molecule has 1 aromatic carbocycles. The van der Waals surface area contributed by atoms with Crippen molar-refractivity contribution in [1.29, 1.82) is 0 Å². The summed E-state index contributed by atoms with van der Waals surface area (Å²) in [6.07, 6.45) is 1.68. The number of ether oxygens (including phenoxy) is 1. The number of aromatic nitrogens is 2. The molecular formula is C24H27N3O5S. The average Bonchev–Trinajstić information content (AvgIpc) is 3.11.